The summed E-state index contributed by atoms with van der Waals surface area (Å²) in [5, 5.41) is 14.4. The molecule has 6 nitrogen and oxygen atoms in total. The molecule has 17 heteroatoms. The zero-order valence-corrected chi connectivity index (χ0v) is 11.8. The average molecular weight is 411 g/mol. The standard InChI is InChI=1S/C9H4F11N3O3/c1-2-3(23(24)25)4(22-21-2)5(10,7(13,14)15)26-9(19,20)6(11,12)8(16,17)18/h1H3,(H,21,22)/t5-/m0/s1. The van der Waals surface area contributed by atoms with Crippen molar-refractivity contribution in [2.45, 2.75) is 37.2 Å². The van der Waals surface area contributed by atoms with Crippen LogP contribution in [0.3, 0.4) is 0 Å². The van der Waals surface area contributed by atoms with E-state index in [0.29, 0.717) is 6.92 Å². The van der Waals surface area contributed by atoms with E-state index in [1.807, 2.05) is 0 Å². The number of nitrogens with one attached hydrogen (secondary N) is 1. The first-order valence-electron chi connectivity index (χ1n) is 5.77. The maximum Gasteiger partial charge on any atom is 0.462 e. The molecule has 1 aromatic heterocycles. The highest BCUT2D eigenvalue weighted by Gasteiger charge is 2.79. The molecule has 0 aliphatic rings. The van der Waals surface area contributed by atoms with Gasteiger partial charge in [0.15, 0.2) is 0 Å². The fraction of sp³-hybridized carbons (Fsp3) is 0.667. The number of H-pyrrole nitrogens is 1. The second-order valence-corrected chi connectivity index (χ2v) is 4.59. The second-order valence-electron chi connectivity index (χ2n) is 4.59. The minimum atomic E-state index is -7.28. The predicted octanol–water partition coefficient (Wildman–Crippen LogP) is 4.12. The van der Waals surface area contributed by atoms with Crippen LogP contribution in [0, 0.1) is 17.0 Å². The number of aromatic amines is 1. The SMILES string of the molecule is Cc1[nH]nc([C@](F)(OC(F)(F)C(F)(F)C(F)(F)F)C(F)(F)F)c1[N+](=O)[O-]. The summed E-state index contributed by atoms with van der Waals surface area (Å²) in [6.45, 7) is 0.619. The summed E-state index contributed by atoms with van der Waals surface area (Å²) in [5.74, 6) is -13.5. The minimum Gasteiger partial charge on any atom is -0.275 e. The third-order valence-corrected chi connectivity index (χ3v) is 2.76. The second kappa shape index (κ2) is 5.92. The van der Waals surface area contributed by atoms with Crippen molar-refractivity contribution < 1.29 is 58.0 Å². The number of aromatic nitrogens is 2. The Kier molecular flexibility index (Phi) is 4.97. The highest BCUT2D eigenvalue weighted by molar-refractivity contribution is 5.42. The summed E-state index contributed by atoms with van der Waals surface area (Å²) in [5.41, 5.74) is -5.52. The van der Waals surface area contributed by atoms with Crippen LogP contribution < -0.4 is 0 Å². The number of nitrogens with zero attached hydrogens (tertiary/aromatic N) is 2. The first-order valence-corrected chi connectivity index (χ1v) is 5.77. The Morgan fingerprint density at radius 3 is 1.77 bits per heavy atom. The van der Waals surface area contributed by atoms with Crippen LogP contribution in [0.25, 0.3) is 0 Å². The maximum absolute atomic E-state index is 14.2. The molecule has 1 heterocycles. The van der Waals surface area contributed by atoms with Gasteiger partial charge in [-0.25, -0.2) is 0 Å². The molecular formula is C9H4F11N3O3. The molecule has 0 saturated carbocycles. The molecule has 0 aromatic carbocycles. The summed E-state index contributed by atoms with van der Waals surface area (Å²) in [6.07, 6.45) is -21.0. The van der Waals surface area contributed by atoms with Crippen LogP contribution in [0.1, 0.15) is 11.4 Å². The molecule has 0 aliphatic heterocycles. The monoisotopic (exact) mass is 411 g/mol. The van der Waals surface area contributed by atoms with Crippen LogP contribution in [0.15, 0.2) is 0 Å². The maximum atomic E-state index is 14.2. The molecule has 1 atom stereocenters. The van der Waals surface area contributed by atoms with Gasteiger partial charge in [-0.05, 0) is 6.92 Å². The van der Waals surface area contributed by atoms with Crippen LogP contribution >= 0.6 is 0 Å². The van der Waals surface area contributed by atoms with Crippen molar-refractivity contribution in [3.63, 3.8) is 0 Å². The van der Waals surface area contributed by atoms with Crippen LogP contribution in [0.5, 0.6) is 0 Å². The smallest absolute Gasteiger partial charge is 0.275 e. The Hall–Kier alpha value is -2.20. The molecule has 1 rings (SSSR count). The van der Waals surface area contributed by atoms with Crippen molar-refractivity contribution in [2.75, 3.05) is 0 Å². The van der Waals surface area contributed by atoms with E-state index >= 15 is 0 Å². The molecule has 150 valence electrons. The van der Waals surface area contributed by atoms with Gasteiger partial charge in [0.05, 0.1) is 4.92 Å². The largest absolute Gasteiger partial charge is 0.462 e. The van der Waals surface area contributed by atoms with Crippen LogP contribution in [0.2, 0.25) is 0 Å². The first kappa shape index (κ1) is 21.8. The van der Waals surface area contributed by atoms with Gasteiger partial charge in [0, 0.05) is 0 Å². The lowest BCUT2D eigenvalue weighted by Crippen LogP contribution is -2.58. The molecule has 26 heavy (non-hydrogen) atoms. The zero-order valence-electron chi connectivity index (χ0n) is 11.8. The lowest BCUT2D eigenvalue weighted by molar-refractivity contribution is -0.490. The number of hydrogen-bond acceptors (Lipinski definition) is 4. The molecule has 0 unspecified atom stereocenters. The fourth-order valence-electron chi connectivity index (χ4n) is 1.52. The lowest BCUT2D eigenvalue weighted by atomic mass is 10.1. The molecule has 1 aromatic rings. The highest BCUT2D eigenvalue weighted by atomic mass is 19.4. The number of halogens is 11. The van der Waals surface area contributed by atoms with Gasteiger partial charge in [-0.2, -0.15) is 53.4 Å². The summed E-state index contributed by atoms with van der Waals surface area (Å²) in [7, 11) is 0. The van der Waals surface area contributed by atoms with E-state index in [4.69, 9.17) is 0 Å². The molecule has 0 aliphatic carbocycles. The van der Waals surface area contributed by atoms with Crippen LogP contribution in [-0.2, 0) is 10.6 Å². The molecule has 0 bridgehead atoms. The average Bonchev–Trinajstić information content (AvgIpc) is 2.77. The Morgan fingerprint density at radius 2 is 1.42 bits per heavy atom. The molecule has 0 radical (unpaired) electrons. The first-order chi connectivity index (χ1) is 11.3. The third kappa shape index (κ3) is 3.26. The van der Waals surface area contributed by atoms with Gasteiger partial charge in [-0.1, -0.05) is 0 Å². The molecule has 1 N–H and O–H groups in total. The molecule has 0 amide bonds. The quantitative estimate of drug-likeness (QED) is 0.449. The van der Waals surface area contributed by atoms with Gasteiger partial charge in [-0.15, -0.1) is 0 Å². The Morgan fingerprint density at radius 1 is 0.962 bits per heavy atom. The number of alkyl halides is 11. The zero-order chi connectivity index (χ0) is 20.9. The van der Waals surface area contributed by atoms with Gasteiger partial charge in [0.1, 0.15) is 5.69 Å². The minimum absolute atomic E-state index is 0.619. The molecular weight excluding hydrogens is 407 g/mol. The van der Waals surface area contributed by atoms with Crippen molar-refractivity contribution in [2.24, 2.45) is 0 Å². The van der Waals surface area contributed by atoms with Gasteiger partial charge >= 0.3 is 35.9 Å². The van der Waals surface area contributed by atoms with E-state index in [2.05, 4.69) is 9.84 Å². The number of hydrogen-bond donors (Lipinski definition) is 1. The summed E-state index contributed by atoms with van der Waals surface area (Å²) in [6, 6.07) is 0. The number of aryl methyl sites for hydroxylation is 1. The van der Waals surface area contributed by atoms with Gasteiger partial charge in [-0.3, -0.25) is 19.9 Å². The van der Waals surface area contributed by atoms with E-state index in [1.54, 1.807) is 0 Å². The summed E-state index contributed by atoms with van der Waals surface area (Å²) >= 11 is 0. The van der Waals surface area contributed by atoms with Crippen LogP contribution in [-0.4, -0.2) is 39.5 Å². The van der Waals surface area contributed by atoms with Gasteiger partial charge in [0.25, 0.3) is 0 Å². The Bertz CT molecular complexity index is 695. The van der Waals surface area contributed by atoms with Crippen molar-refractivity contribution >= 4 is 5.69 Å². The van der Waals surface area contributed by atoms with Gasteiger partial charge in [0.2, 0.25) is 5.69 Å². The van der Waals surface area contributed by atoms with E-state index in [-0.39, 0.29) is 0 Å². The molecule has 0 saturated heterocycles. The van der Waals surface area contributed by atoms with Crippen LogP contribution in [0.4, 0.5) is 54.0 Å². The molecule has 0 spiro atoms. The van der Waals surface area contributed by atoms with E-state index < -0.39 is 52.2 Å². The van der Waals surface area contributed by atoms with Crippen molar-refractivity contribution in [1.82, 2.24) is 10.2 Å². The van der Waals surface area contributed by atoms with Crippen molar-refractivity contribution in [3.05, 3.63) is 21.5 Å². The summed E-state index contributed by atoms with van der Waals surface area (Å²) < 4.78 is 142. The number of rotatable bonds is 5. The number of nitro groups is 1. The van der Waals surface area contributed by atoms with Gasteiger partial charge < -0.3 is 0 Å². The Balaban J connectivity index is 3.62. The fourth-order valence-corrected chi connectivity index (χ4v) is 1.52. The third-order valence-electron chi connectivity index (χ3n) is 2.76. The topological polar surface area (TPSA) is 81.0 Å². The van der Waals surface area contributed by atoms with E-state index in [0.717, 1.165) is 0 Å². The number of ether oxygens (including phenoxy) is 1. The predicted molar refractivity (Wildman–Crippen MR) is 55.9 cm³/mol. The Labute approximate surface area is 134 Å². The normalized spacial score (nSPS) is 16.5. The summed E-state index contributed by atoms with van der Waals surface area (Å²) in [4.78, 5) is 8.87. The van der Waals surface area contributed by atoms with E-state index in [1.165, 1.54) is 5.10 Å². The van der Waals surface area contributed by atoms with Crippen molar-refractivity contribution in [3.8, 4) is 0 Å². The molecule has 0 fully saturated rings. The van der Waals surface area contributed by atoms with E-state index in [9.17, 15) is 58.4 Å². The van der Waals surface area contributed by atoms with Crippen molar-refractivity contribution in [1.29, 1.82) is 0 Å². The highest BCUT2D eigenvalue weighted by Crippen LogP contribution is 2.54. The lowest BCUT2D eigenvalue weighted by Gasteiger charge is -2.33.